The van der Waals surface area contributed by atoms with Gasteiger partial charge >= 0.3 is 0 Å². The molecule has 25 heavy (non-hydrogen) atoms. The predicted octanol–water partition coefficient (Wildman–Crippen LogP) is 1.24. The Bertz CT molecular complexity index is 645. The van der Waals surface area contributed by atoms with Crippen LogP contribution in [-0.4, -0.2) is 36.9 Å². The summed E-state index contributed by atoms with van der Waals surface area (Å²) in [5.74, 6) is -0.587. The average molecular weight is 346 g/mol. The van der Waals surface area contributed by atoms with Gasteiger partial charge in [0.1, 0.15) is 0 Å². The molecule has 0 spiro atoms. The minimum absolute atomic E-state index is 0.00169. The minimum atomic E-state index is -0.638. The molecule has 0 bridgehead atoms. The highest BCUT2D eigenvalue weighted by atomic mass is 16.2. The van der Waals surface area contributed by atoms with Crippen LogP contribution in [0.4, 0.5) is 11.4 Å². The maximum atomic E-state index is 12.0. The Morgan fingerprint density at radius 2 is 2.04 bits per heavy atom. The van der Waals surface area contributed by atoms with Gasteiger partial charge in [-0.2, -0.15) is 0 Å². The number of carbonyl (C=O) groups is 3. The van der Waals surface area contributed by atoms with Crippen molar-refractivity contribution in [2.24, 2.45) is 11.7 Å². The highest BCUT2D eigenvalue weighted by molar-refractivity contribution is 5.97. The zero-order valence-corrected chi connectivity index (χ0v) is 14.7. The third-order valence-corrected chi connectivity index (χ3v) is 4.21. The molecule has 0 saturated carbocycles. The Labute approximate surface area is 147 Å². The Morgan fingerprint density at radius 3 is 2.72 bits per heavy atom. The lowest BCUT2D eigenvalue weighted by molar-refractivity contribution is -0.125. The van der Waals surface area contributed by atoms with E-state index in [-0.39, 0.29) is 30.2 Å². The lowest BCUT2D eigenvalue weighted by atomic mass is 10.1. The monoisotopic (exact) mass is 346 g/mol. The van der Waals surface area contributed by atoms with Crippen LogP contribution in [0, 0.1) is 5.92 Å². The predicted molar refractivity (Wildman–Crippen MR) is 97.1 cm³/mol. The molecule has 0 radical (unpaired) electrons. The molecule has 0 unspecified atom stereocenters. The maximum absolute atomic E-state index is 12.0. The highest BCUT2D eigenvalue weighted by Crippen LogP contribution is 2.23. The van der Waals surface area contributed by atoms with Gasteiger partial charge in [0, 0.05) is 24.3 Å². The van der Waals surface area contributed by atoms with Crippen molar-refractivity contribution >= 4 is 29.1 Å². The molecular formula is C18H26N4O3. The third-order valence-electron chi connectivity index (χ3n) is 4.21. The summed E-state index contributed by atoms with van der Waals surface area (Å²) in [6.07, 6.45) is 2.45. The fraction of sp³-hybridized carbons (Fsp3) is 0.500. The number of amides is 3. The molecule has 0 aromatic heterocycles. The lowest BCUT2D eigenvalue weighted by Gasteiger charge is -2.27. The van der Waals surface area contributed by atoms with Gasteiger partial charge in [-0.25, -0.2) is 0 Å². The molecule has 0 aliphatic carbocycles. The molecule has 1 aliphatic heterocycles. The molecule has 1 fully saturated rings. The zero-order chi connectivity index (χ0) is 18.4. The summed E-state index contributed by atoms with van der Waals surface area (Å²) in [7, 11) is 0. The molecule has 7 nitrogen and oxygen atoms in total. The van der Waals surface area contributed by atoms with Gasteiger partial charge in [-0.05, 0) is 37.0 Å². The van der Waals surface area contributed by atoms with Crippen LogP contribution in [0.5, 0.6) is 0 Å². The fourth-order valence-electron chi connectivity index (χ4n) is 2.62. The van der Waals surface area contributed by atoms with Crippen LogP contribution >= 0.6 is 0 Å². The summed E-state index contributed by atoms with van der Waals surface area (Å²) in [5.41, 5.74) is 7.09. The van der Waals surface area contributed by atoms with E-state index in [2.05, 4.69) is 10.6 Å². The van der Waals surface area contributed by atoms with Crippen LogP contribution in [0.15, 0.2) is 24.3 Å². The van der Waals surface area contributed by atoms with Gasteiger partial charge < -0.3 is 21.3 Å². The number of rotatable bonds is 6. The van der Waals surface area contributed by atoms with Crippen LogP contribution in [0.3, 0.4) is 0 Å². The first-order chi connectivity index (χ1) is 11.9. The summed E-state index contributed by atoms with van der Waals surface area (Å²) < 4.78 is 0. The number of nitrogens with zero attached hydrogens (tertiary/aromatic N) is 1. The van der Waals surface area contributed by atoms with Gasteiger partial charge in [-0.15, -0.1) is 0 Å². The van der Waals surface area contributed by atoms with E-state index >= 15 is 0 Å². The Hall–Kier alpha value is -2.41. The minimum Gasteiger partial charge on any atom is -0.346 e. The van der Waals surface area contributed by atoms with Gasteiger partial charge in [-0.3, -0.25) is 14.4 Å². The zero-order valence-electron chi connectivity index (χ0n) is 14.7. The third kappa shape index (κ3) is 5.29. The molecule has 1 atom stereocenters. The first kappa shape index (κ1) is 18.9. The average Bonchev–Trinajstić information content (AvgIpc) is 2.59. The number of hydrogen-bond acceptors (Lipinski definition) is 4. The molecule has 4 N–H and O–H groups in total. The van der Waals surface area contributed by atoms with E-state index in [0.29, 0.717) is 18.7 Å². The second-order valence-corrected chi connectivity index (χ2v) is 6.59. The second kappa shape index (κ2) is 8.62. The van der Waals surface area contributed by atoms with Crippen molar-refractivity contribution in [3.63, 3.8) is 0 Å². The summed E-state index contributed by atoms with van der Waals surface area (Å²) in [4.78, 5) is 37.5. The largest absolute Gasteiger partial charge is 0.346 e. The van der Waals surface area contributed by atoms with E-state index in [1.165, 1.54) is 0 Å². The molecule has 1 aromatic rings. The smallest absolute Gasteiger partial charge is 0.243 e. The first-order valence-corrected chi connectivity index (χ1v) is 8.62. The Balaban J connectivity index is 1.92. The standard InChI is InChI=1S/C18H26N4O3/c1-12(2)17(19)18(25)20-11-15(23)21-13-6-5-7-14(10-13)22-9-4-3-8-16(22)24/h5-7,10,12,17H,3-4,8-9,11,19H2,1-2H3,(H,20,25)(H,21,23)/t17-/m0/s1. The fourth-order valence-corrected chi connectivity index (χ4v) is 2.62. The second-order valence-electron chi connectivity index (χ2n) is 6.59. The van der Waals surface area contributed by atoms with Crippen molar-refractivity contribution in [2.45, 2.75) is 39.2 Å². The first-order valence-electron chi connectivity index (χ1n) is 8.62. The van der Waals surface area contributed by atoms with Gasteiger partial charge in [-0.1, -0.05) is 19.9 Å². The molecule has 136 valence electrons. The van der Waals surface area contributed by atoms with E-state index in [1.807, 2.05) is 19.9 Å². The van der Waals surface area contributed by atoms with Gasteiger partial charge in [0.25, 0.3) is 0 Å². The van der Waals surface area contributed by atoms with E-state index in [9.17, 15) is 14.4 Å². The molecule has 2 rings (SSSR count). The molecule has 1 aliphatic rings. The summed E-state index contributed by atoms with van der Waals surface area (Å²) >= 11 is 0. The van der Waals surface area contributed by atoms with Crippen molar-refractivity contribution in [1.82, 2.24) is 5.32 Å². The van der Waals surface area contributed by atoms with Gasteiger partial charge in [0.2, 0.25) is 17.7 Å². The van der Waals surface area contributed by atoms with E-state index < -0.39 is 6.04 Å². The summed E-state index contributed by atoms with van der Waals surface area (Å²) in [6.45, 7) is 4.24. The number of nitrogens with two attached hydrogens (primary N) is 1. The topological polar surface area (TPSA) is 105 Å². The van der Waals surface area contributed by atoms with Crippen molar-refractivity contribution in [1.29, 1.82) is 0 Å². The Morgan fingerprint density at radius 1 is 1.28 bits per heavy atom. The van der Waals surface area contributed by atoms with Crippen LogP contribution in [0.25, 0.3) is 0 Å². The SMILES string of the molecule is CC(C)[C@H](N)C(=O)NCC(=O)Nc1cccc(N2CCCCC2=O)c1. The number of carbonyl (C=O) groups excluding carboxylic acids is 3. The van der Waals surface area contributed by atoms with Crippen molar-refractivity contribution in [3.05, 3.63) is 24.3 Å². The molecule has 1 saturated heterocycles. The van der Waals surface area contributed by atoms with Crippen molar-refractivity contribution < 1.29 is 14.4 Å². The van der Waals surface area contributed by atoms with Crippen molar-refractivity contribution in [3.8, 4) is 0 Å². The molecule has 1 heterocycles. The maximum Gasteiger partial charge on any atom is 0.243 e. The quantitative estimate of drug-likeness (QED) is 0.721. The van der Waals surface area contributed by atoms with Crippen LogP contribution in [0.1, 0.15) is 33.1 Å². The molecule has 7 heteroatoms. The summed E-state index contributed by atoms with van der Waals surface area (Å²) in [5, 5.41) is 5.26. The van der Waals surface area contributed by atoms with E-state index in [4.69, 9.17) is 5.73 Å². The normalized spacial score (nSPS) is 15.8. The lowest BCUT2D eigenvalue weighted by Crippen LogP contribution is -2.46. The van der Waals surface area contributed by atoms with Crippen molar-refractivity contribution in [2.75, 3.05) is 23.3 Å². The molecular weight excluding hydrogens is 320 g/mol. The number of piperidine rings is 1. The van der Waals surface area contributed by atoms with E-state index in [1.54, 1.807) is 23.1 Å². The van der Waals surface area contributed by atoms with Crippen LogP contribution in [-0.2, 0) is 14.4 Å². The van der Waals surface area contributed by atoms with Gasteiger partial charge in [0.05, 0.1) is 12.6 Å². The summed E-state index contributed by atoms with van der Waals surface area (Å²) in [6, 6.07) is 6.52. The number of hydrogen-bond donors (Lipinski definition) is 3. The highest BCUT2D eigenvalue weighted by Gasteiger charge is 2.20. The number of benzene rings is 1. The number of nitrogens with one attached hydrogen (secondary N) is 2. The van der Waals surface area contributed by atoms with Gasteiger partial charge in [0.15, 0.2) is 0 Å². The molecule has 3 amide bonds. The van der Waals surface area contributed by atoms with Crippen LogP contribution < -0.4 is 21.3 Å². The van der Waals surface area contributed by atoms with E-state index in [0.717, 1.165) is 18.5 Å². The molecule has 1 aromatic carbocycles. The Kier molecular flexibility index (Phi) is 6.52. The van der Waals surface area contributed by atoms with Crippen LogP contribution in [0.2, 0.25) is 0 Å². The number of anilines is 2.